The second-order valence-corrected chi connectivity index (χ2v) is 6.23. The van der Waals surface area contributed by atoms with Crippen molar-refractivity contribution < 1.29 is 14.6 Å². The van der Waals surface area contributed by atoms with Crippen molar-refractivity contribution >= 4 is 5.97 Å². The number of unbranched alkanes of at least 4 members (excludes halogenated alkanes) is 2. The van der Waals surface area contributed by atoms with Gasteiger partial charge in [-0.2, -0.15) is 0 Å². The van der Waals surface area contributed by atoms with Crippen LogP contribution in [-0.2, 0) is 9.53 Å². The third-order valence-electron chi connectivity index (χ3n) is 4.24. The molecule has 0 aromatic heterocycles. The molecule has 0 saturated heterocycles. The molecule has 1 fully saturated rings. The predicted molar refractivity (Wildman–Crippen MR) is 81.4 cm³/mol. The van der Waals surface area contributed by atoms with E-state index in [1.165, 1.54) is 12.8 Å². The Morgan fingerprint density at radius 2 is 2.05 bits per heavy atom. The fourth-order valence-corrected chi connectivity index (χ4v) is 3.01. The summed E-state index contributed by atoms with van der Waals surface area (Å²) < 4.78 is 5.23. The van der Waals surface area contributed by atoms with Crippen molar-refractivity contribution in [3.05, 3.63) is 11.6 Å². The number of ether oxygens (including phenoxy) is 1. The Kier molecular flexibility index (Phi) is 7.90. The molecule has 0 radical (unpaired) electrons. The van der Waals surface area contributed by atoms with Gasteiger partial charge in [0.15, 0.2) is 0 Å². The lowest BCUT2D eigenvalue weighted by molar-refractivity contribution is -0.144. The first-order valence-corrected chi connectivity index (χ1v) is 8.01. The number of hydrogen-bond acceptors (Lipinski definition) is 3. The van der Waals surface area contributed by atoms with Gasteiger partial charge in [0.2, 0.25) is 0 Å². The molecule has 3 nitrogen and oxygen atoms in total. The molecule has 0 amide bonds. The maximum atomic E-state index is 11.8. The molecule has 3 atom stereocenters. The molecule has 20 heavy (non-hydrogen) atoms. The lowest BCUT2D eigenvalue weighted by Crippen LogP contribution is -2.22. The quantitative estimate of drug-likeness (QED) is 0.418. The molecule has 3 unspecified atom stereocenters. The number of carbonyl (C=O) groups is 1. The fraction of sp³-hybridized carbons (Fsp3) is 0.824. The number of carbonyl (C=O) groups excluding carboxylic acids is 1. The average Bonchev–Trinajstić information content (AvgIpc) is 2.71. The number of aliphatic hydroxyl groups is 1. The van der Waals surface area contributed by atoms with Crippen LogP contribution in [0.2, 0.25) is 0 Å². The third-order valence-corrected chi connectivity index (χ3v) is 4.24. The monoisotopic (exact) mass is 282 g/mol. The highest BCUT2D eigenvalue weighted by molar-refractivity contribution is 5.69. The third kappa shape index (κ3) is 6.08. The molecule has 1 saturated carbocycles. The SMILES string of the molecule is CCCCCC1C(O)CCC1CC(=O)OCC=C(C)C. The summed E-state index contributed by atoms with van der Waals surface area (Å²) in [4.78, 5) is 11.8. The number of esters is 1. The van der Waals surface area contributed by atoms with Gasteiger partial charge in [0.05, 0.1) is 6.10 Å². The summed E-state index contributed by atoms with van der Waals surface area (Å²) in [5.74, 6) is 0.473. The van der Waals surface area contributed by atoms with Gasteiger partial charge in [-0.25, -0.2) is 0 Å². The summed E-state index contributed by atoms with van der Waals surface area (Å²) >= 11 is 0. The van der Waals surface area contributed by atoms with E-state index in [4.69, 9.17) is 4.74 Å². The van der Waals surface area contributed by atoms with E-state index >= 15 is 0 Å². The van der Waals surface area contributed by atoms with Crippen molar-refractivity contribution in [3.63, 3.8) is 0 Å². The topological polar surface area (TPSA) is 46.5 Å². The predicted octanol–water partition coefficient (Wildman–Crippen LogP) is 3.85. The van der Waals surface area contributed by atoms with Crippen LogP contribution in [0.3, 0.4) is 0 Å². The molecule has 0 aliphatic heterocycles. The van der Waals surface area contributed by atoms with E-state index in [1.54, 1.807) is 0 Å². The van der Waals surface area contributed by atoms with Crippen molar-refractivity contribution in [1.82, 2.24) is 0 Å². The van der Waals surface area contributed by atoms with Gasteiger partial charge < -0.3 is 9.84 Å². The zero-order valence-electron chi connectivity index (χ0n) is 13.2. The molecular formula is C17H30O3. The summed E-state index contributed by atoms with van der Waals surface area (Å²) in [7, 11) is 0. The Bertz CT molecular complexity index is 318. The zero-order chi connectivity index (χ0) is 15.0. The van der Waals surface area contributed by atoms with Gasteiger partial charge in [-0.3, -0.25) is 4.79 Å². The van der Waals surface area contributed by atoms with Crippen LogP contribution in [-0.4, -0.2) is 23.8 Å². The Labute approximate surface area is 123 Å². The Morgan fingerprint density at radius 1 is 1.30 bits per heavy atom. The molecule has 3 heteroatoms. The highest BCUT2D eigenvalue weighted by atomic mass is 16.5. The Hall–Kier alpha value is -0.830. The first kappa shape index (κ1) is 17.2. The van der Waals surface area contributed by atoms with E-state index in [9.17, 15) is 9.90 Å². The standard InChI is InChI=1S/C17H30O3/c1-4-5-6-7-15-14(8-9-16(15)18)12-17(19)20-11-10-13(2)3/h10,14-16,18H,4-9,11-12H2,1-3H3. The van der Waals surface area contributed by atoms with Crippen LogP contribution in [0.1, 0.15) is 65.7 Å². The van der Waals surface area contributed by atoms with Crippen LogP contribution in [0.25, 0.3) is 0 Å². The van der Waals surface area contributed by atoms with E-state index in [-0.39, 0.29) is 18.0 Å². The summed E-state index contributed by atoms with van der Waals surface area (Å²) in [6.45, 7) is 6.54. The van der Waals surface area contributed by atoms with Crippen molar-refractivity contribution in [1.29, 1.82) is 0 Å². The van der Waals surface area contributed by atoms with Crippen molar-refractivity contribution in [3.8, 4) is 0 Å². The van der Waals surface area contributed by atoms with Crippen LogP contribution < -0.4 is 0 Å². The van der Waals surface area contributed by atoms with Crippen LogP contribution >= 0.6 is 0 Å². The minimum absolute atomic E-state index is 0.123. The zero-order valence-corrected chi connectivity index (χ0v) is 13.2. The smallest absolute Gasteiger partial charge is 0.306 e. The highest BCUT2D eigenvalue weighted by Crippen LogP contribution is 2.38. The Balaban J connectivity index is 2.36. The summed E-state index contributed by atoms with van der Waals surface area (Å²) in [5, 5.41) is 10.1. The molecule has 0 aromatic carbocycles. The van der Waals surface area contributed by atoms with Gasteiger partial charge in [-0.05, 0) is 51.0 Å². The highest BCUT2D eigenvalue weighted by Gasteiger charge is 2.35. The number of rotatable bonds is 8. The number of hydrogen-bond donors (Lipinski definition) is 1. The fourth-order valence-electron chi connectivity index (χ4n) is 3.01. The van der Waals surface area contributed by atoms with E-state index in [0.717, 1.165) is 31.3 Å². The van der Waals surface area contributed by atoms with Gasteiger partial charge in [0, 0.05) is 6.42 Å². The maximum Gasteiger partial charge on any atom is 0.306 e. The molecule has 0 heterocycles. The lowest BCUT2D eigenvalue weighted by atomic mass is 9.87. The van der Waals surface area contributed by atoms with E-state index < -0.39 is 0 Å². The molecular weight excluding hydrogens is 252 g/mol. The van der Waals surface area contributed by atoms with Crippen LogP contribution in [0.5, 0.6) is 0 Å². The summed E-state index contributed by atoms with van der Waals surface area (Å²) in [5.41, 5.74) is 1.16. The Morgan fingerprint density at radius 3 is 2.70 bits per heavy atom. The van der Waals surface area contributed by atoms with Gasteiger partial charge in [0.1, 0.15) is 6.61 Å². The van der Waals surface area contributed by atoms with Crippen molar-refractivity contribution in [2.45, 2.75) is 71.8 Å². The first-order valence-electron chi connectivity index (χ1n) is 8.01. The minimum Gasteiger partial charge on any atom is -0.461 e. The first-order chi connectivity index (χ1) is 9.54. The second-order valence-electron chi connectivity index (χ2n) is 6.23. The van der Waals surface area contributed by atoms with E-state index in [2.05, 4.69) is 6.92 Å². The van der Waals surface area contributed by atoms with Gasteiger partial charge in [0.25, 0.3) is 0 Å². The van der Waals surface area contributed by atoms with E-state index in [1.807, 2.05) is 19.9 Å². The van der Waals surface area contributed by atoms with Crippen LogP contribution in [0, 0.1) is 11.8 Å². The van der Waals surface area contributed by atoms with E-state index in [0.29, 0.717) is 18.9 Å². The largest absolute Gasteiger partial charge is 0.461 e. The lowest BCUT2D eigenvalue weighted by Gasteiger charge is -2.21. The summed E-state index contributed by atoms with van der Waals surface area (Å²) in [6, 6.07) is 0. The van der Waals surface area contributed by atoms with Crippen molar-refractivity contribution in [2.75, 3.05) is 6.61 Å². The average molecular weight is 282 g/mol. The molecule has 1 aliphatic carbocycles. The van der Waals surface area contributed by atoms with Gasteiger partial charge in [-0.15, -0.1) is 0 Å². The summed E-state index contributed by atoms with van der Waals surface area (Å²) in [6.07, 6.45) is 8.55. The minimum atomic E-state index is -0.220. The van der Waals surface area contributed by atoms with Crippen molar-refractivity contribution in [2.24, 2.45) is 11.8 Å². The maximum absolute atomic E-state index is 11.8. The van der Waals surface area contributed by atoms with Gasteiger partial charge >= 0.3 is 5.97 Å². The van der Waals surface area contributed by atoms with Gasteiger partial charge in [-0.1, -0.05) is 31.8 Å². The van der Waals surface area contributed by atoms with Crippen LogP contribution in [0.15, 0.2) is 11.6 Å². The molecule has 0 aromatic rings. The number of allylic oxidation sites excluding steroid dienone is 1. The molecule has 0 bridgehead atoms. The molecule has 116 valence electrons. The van der Waals surface area contributed by atoms with Crippen LogP contribution in [0.4, 0.5) is 0 Å². The molecule has 1 rings (SSSR count). The molecule has 1 N–H and O–H groups in total. The molecule has 1 aliphatic rings. The number of aliphatic hydroxyl groups excluding tert-OH is 1. The normalized spacial score (nSPS) is 25.5. The second kappa shape index (κ2) is 9.17. The molecule has 0 spiro atoms.